The number of piperidine rings is 1. The van der Waals surface area contributed by atoms with Gasteiger partial charge in [-0.05, 0) is 49.8 Å². The van der Waals surface area contributed by atoms with Crippen LogP contribution in [0.3, 0.4) is 0 Å². The van der Waals surface area contributed by atoms with Gasteiger partial charge in [0.25, 0.3) is 11.7 Å². The average molecular weight is 332 g/mol. The monoisotopic (exact) mass is 332 g/mol. The second-order valence-electron chi connectivity index (χ2n) is 6.25. The largest absolute Gasteiger partial charge is 0.363 e. The predicted molar refractivity (Wildman–Crippen MR) is 85.5 cm³/mol. The number of likely N-dealkylation sites (tertiary alicyclic amines) is 1. The van der Waals surface area contributed by atoms with E-state index in [0.29, 0.717) is 18.4 Å². The van der Waals surface area contributed by atoms with Crippen LogP contribution in [0.25, 0.3) is 0 Å². The normalized spacial score (nSPS) is 18.6. The van der Waals surface area contributed by atoms with E-state index in [2.05, 4.69) is 15.0 Å². The topological polar surface area (TPSA) is 85.2 Å². The molecule has 0 saturated carbocycles. The van der Waals surface area contributed by atoms with Crippen molar-refractivity contribution in [3.63, 3.8) is 0 Å². The zero-order chi connectivity index (χ0) is 16.9. The van der Waals surface area contributed by atoms with E-state index in [1.807, 2.05) is 12.1 Å². The van der Waals surface area contributed by atoms with Crippen LogP contribution in [0.15, 0.2) is 28.8 Å². The van der Waals surface area contributed by atoms with E-state index < -0.39 is 5.91 Å². The van der Waals surface area contributed by atoms with Crippen molar-refractivity contribution in [2.75, 3.05) is 13.1 Å². The van der Waals surface area contributed by atoms with Crippen LogP contribution in [0.2, 0.25) is 0 Å². The molecule has 1 saturated heterocycles. The maximum absolute atomic E-state index is 13.7. The molecule has 6 nitrogen and oxygen atoms in total. The van der Waals surface area contributed by atoms with Crippen LogP contribution in [-0.2, 0) is 13.0 Å². The molecule has 1 amide bonds. The van der Waals surface area contributed by atoms with E-state index in [1.54, 1.807) is 6.07 Å². The van der Waals surface area contributed by atoms with Crippen LogP contribution in [-0.4, -0.2) is 34.0 Å². The first-order chi connectivity index (χ1) is 11.6. The van der Waals surface area contributed by atoms with Crippen molar-refractivity contribution in [1.29, 1.82) is 0 Å². The van der Waals surface area contributed by atoms with Crippen LogP contribution in [0.1, 0.15) is 41.3 Å². The van der Waals surface area contributed by atoms with Crippen LogP contribution >= 0.6 is 0 Å². The molecular formula is C17H21FN4O2. The van der Waals surface area contributed by atoms with Crippen molar-refractivity contribution >= 4 is 5.91 Å². The highest BCUT2D eigenvalue weighted by Crippen LogP contribution is 2.23. The SMILES string of the molecule is NC(=O)c1noc(CN2CCCC(CCc3ccccc3F)C2)n1. The van der Waals surface area contributed by atoms with Gasteiger partial charge in [-0.3, -0.25) is 9.69 Å². The first kappa shape index (κ1) is 16.6. The summed E-state index contributed by atoms with van der Waals surface area (Å²) in [7, 11) is 0. The lowest BCUT2D eigenvalue weighted by Crippen LogP contribution is -2.35. The molecule has 3 rings (SSSR count). The van der Waals surface area contributed by atoms with Gasteiger partial charge in [0.05, 0.1) is 6.54 Å². The second-order valence-corrected chi connectivity index (χ2v) is 6.25. The lowest BCUT2D eigenvalue weighted by Gasteiger charge is -2.31. The highest BCUT2D eigenvalue weighted by Gasteiger charge is 2.22. The Morgan fingerprint density at radius 1 is 1.42 bits per heavy atom. The fraction of sp³-hybridized carbons (Fsp3) is 0.471. The molecule has 1 unspecified atom stereocenters. The highest BCUT2D eigenvalue weighted by atomic mass is 19.1. The molecule has 1 fully saturated rings. The van der Waals surface area contributed by atoms with E-state index >= 15 is 0 Å². The van der Waals surface area contributed by atoms with Gasteiger partial charge >= 0.3 is 0 Å². The number of nitrogens with two attached hydrogens (primary N) is 1. The maximum atomic E-state index is 13.7. The van der Waals surface area contributed by atoms with Crippen molar-refractivity contribution in [3.8, 4) is 0 Å². The van der Waals surface area contributed by atoms with Crippen LogP contribution in [0, 0.1) is 11.7 Å². The van der Waals surface area contributed by atoms with Gasteiger partial charge in [-0.1, -0.05) is 23.4 Å². The van der Waals surface area contributed by atoms with E-state index in [4.69, 9.17) is 10.3 Å². The Labute approximate surface area is 139 Å². The molecule has 1 aromatic carbocycles. The Morgan fingerprint density at radius 3 is 3.00 bits per heavy atom. The van der Waals surface area contributed by atoms with Crippen molar-refractivity contribution in [2.45, 2.75) is 32.2 Å². The molecule has 2 heterocycles. The second kappa shape index (κ2) is 7.53. The Balaban J connectivity index is 1.52. The quantitative estimate of drug-likeness (QED) is 0.876. The number of rotatable bonds is 6. The number of hydrogen-bond donors (Lipinski definition) is 1. The predicted octanol–water partition coefficient (Wildman–Crippen LogP) is 2.15. The van der Waals surface area contributed by atoms with Gasteiger partial charge in [-0.2, -0.15) is 4.98 Å². The number of amides is 1. The molecule has 24 heavy (non-hydrogen) atoms. The summed E-state index contributed by atoms with van der Waals surface area (Å²) in [4.78, 5) is 17.2. The number of primary amides is 1. The van der Waals surface area contributed by atoms with E-state index in [0.717, 1.165) is 44.3 Å². The lowest BCUT2D eigenvalue weighted by atomic mass is 9.91. The third kappa shape index (κ3) is 4.17. The van der Waals surface area contributed by atoms with Crippen molar-refractivity contribution < 1.29 is 13.7 Å². The molecule has 128 valence electrons. The minimum absolute atomic E-state index is 0.0851. The number of hydrogen-bond acceptors (Lipinski definition) is 5. The molecule has 1 atom stereocenters. The summed E-state index contributed by atoms with van der Waals surface area (Å²) in [5.41, 5.74) is 5.90. The molecule has 7 heteroatoms. The third-order valence-electron chi connectivity index (χ3n) is 4.43. The Hall–Kier alpha value is -2.28. The average Bonchev–Trinajstić information content (AvgIpc) is 3.03. The molecule has 0 bridgehead atoms. The smallest absolute Gasteiger partial charge is 0.290 e. The van der Waals surface area contributed by atoms with Gasteiger partial charge in [0.1, 0.15) is 5.82 Å². The van der Waals surface area contributed by atoms with Crippen LogP contribution in [0.4, 0.5) is 4.39 Å². The third-order valence-corrected chi connectivity index (χ3v) is 4.43. The van der Waals surface area contributed by atoms with Gasteiger partial charge in [0, 0.05) is 6.54 Å². The number of aromatic nitrogens is 2. The fourth-order valence-electron chi connectivity index (χ4n) is 3.20. The number of benzene rings is 1. The minimum atomic E-state index is -0.689. The van der Waals surface area contributed by atoms with E-state index in [9.17, 15) is 9.18 Å². The van der Waals surface area contributed by atoms with Crippen LogP contribution < -0.4 is 5.73 Å². The lowest BCUT2D eigenvalue weighted by molar-refractivity contribution is 0.0987. The molecule has 0 aliphatic carbocycles. The number of carbonyl (C=O) groups is 1. The van der Waals surface area contributed by atoms with Crippen molar-refractivity contribution in [1.82, 2.24) is 15.0 Å². The first-order valence-corrected chi connectivity index (χ1v) is 8.20. The minimum Gasteiger partial charge on any atom is -0.363 e. The summed E-state index contributed by atoms with van der Waals surface area (Å²) < 4.78 is 18.8. The molecule has 2 N–H and O–H groups in total. The summed E-state index contributed by atoms with van der Waals surface area (Å²) in [6, 6.07) is 6.94. The molecule has 1 aliphatic heterocycles. The Morgan fingerprint density at radius 2 is 2.25 bits per heavy atom. The molecule has 1 aliphatic rings. The van der Waals surface area contributed by atoms with Crippen LogP contribution in [0.5, 0.6) is 0 Å². The van der Waals surface area contributed by atoms with E-state index in [-0.39, 0.29) is 11.6 Å². The zero-order valence-corrected chi connectivity index (χ0v) is 13.4. The van der Waals surface area contributed by atoms with Crippen molar-refractivity contribution in [2.24, 2.45) is 11.7 Å². The van der Waals surface area contributed by atoms with E-state index in [1.165, 1.54) is 6.07 Å². The summed E-state index contributed by atoms with van der Waals surface area (Å²) >= 11 is 0. The summed E-state index contributed by atoms with van der Waals surface area (Å²) in [6.45, 7) is 2.36. The number of carbonyl (C=O) groups excluding carboxylic acids is 1. The maximum Gasteiger partial charge on any atom is 0.290 e. The summed E-state index contributed by atoms with van der Waals surface area (Å²) in [5, 5.41) is 3.56. The molecule has 1 aromatic heterocycles. The van der Waals surface area contributed by atoms with Gasteiger partial charge in [-0.25, -0.2) is 4.39 Å². The Bertz CT molecular complexity index is 703. The molecule has 0 radical (unpaired) electrons. The fourth-order valence-corrected chi connectivity index (χ4v) is 3.20. The summed E-state index contributed by atoms with van der Waals surface area (Å²) in [6.07, 6.45) is 3.92. The standard InChI is InChI=1S/C17H21FN4O2/c18-14-6-2-1-5-13(14)8-7-12-4-3-9-22(10-12)11-15-20-17(16(19)23)21-24-15/h1-2,5-6,12H,3-4,7-11H2,(H2,19,23). The molecule has 2 aromatic rings. The number of halogens is 1. The molecular weight excluding hydrogens is 311 g/mol. The Kier molecular flexibility index (Phi) is 5.20. The number of nitrogens with zero attached hydrogens (tertiary/aromatic N) is 3. The number of aryl methyl sites for hydroxylation is 1. The highest BCUT2D eigenvalue weighted by molar-refractivity contribution is 5.88. The van der Waals surface area contributed by atoms with Crippen molar-refractivity contribution in [3.05, 3.63) is 47.4 Å². The summed E-state index contributed by atoms with van der Waals surface area (Å²) in [5.74, 6) is 0.00923. The molecule has 0 spiro atoms. The first-order valence-electron chi connectivity index (χ1n) is 8.20. The van der Waals surface area contributed by atoms with Gasteiger partial charge < -0.3 is 10.3 Å². The van der Waals surface area contributed by atoms with Gasteiger partial charge in [0.2, 0.25) is 5.89 Å². The van der Waals surface area contributed by atoms with Gasteiger partial charge in [0.15, 0.2) is 0 Å². The van der Waals surface area contributed by atoms with Gasteiger partial charge in [-0.15, -0.1) is 0 Å². The zero-order valence-electron chi connectivity index (χ0n) is 13.4.